The molecule has 1 aliphatic rings. The average Bonchev–Trinajstić information content (AvgIpc) is 2.25. The summed E-state index contributed by atoms with van der Waals surface area (Å²) >= 11 is 5.66. The molecule has 1 rings (SSSR count). The Balaban J connectivity index is 2.05. The first-order valence-corrected chi connectivity index (χ1v) is 5.90. The van der Waals surface area contributed by atoms with Gasteiger partial charge in [0.05, 0.1) is 6.61 Å². The Morgan fingerprint density at radius 3 is 2.14 bits per heavy atom. The molecule has 84 valence electrons. The van der Waals surface area contributed by atoms with Gasteiger partial charge in [0.1, 0.15) is 0 Å². The highest BCUT2D eigenvalue weighted by Gasteiger charge is 2.15. The quantitative estimate of drug-likeness (QED) is 0.619. The zero-order valence-electron chi connectivity index (χ0n) is 9.04. The van der Waals surface area contributed by atoms with Crippen LogP contribution in [0.25, 0.3) is 0 Å². The molecule has 0 bridgehead atoms. The molecule has 0 aliphatic carbocycles. The van der Waals surface area contributed by atoms with Gasteiger partial charge in [0, 0.05) is 45.7 Å². The van der Waals surface area contributed by atoms with Gasteiger partial charge in [-0.15, -0.1) is 11.6 Å². The van der Waals surface area contributed by atoms with Crippen molar-refractivity contribution in [3.63, 3.8) is 0 Å². The molecule has 0 saturated carbocycles. The summed E-state index contributed by atoms with van der Waals surface area (Å²) in [6, 6.07) is 0. The van der Waals surface area contributed by atoms with E-state index in [4.69, 9.17) is 16.3 Å². The molecule has 14 heavy (non-hydrogen) atoms. The van der Waals surface area contributed by atoms with Crippen LogP contribution >= 0.6 is 11.6 Å². The molecule has 0 aromatic heterocycles. The molecular weight excluding hydrogens is 200 g/mol. The Labute approximate surface area is 92.0 Å². The zero-order valence-corrected chi connectivity index (χ0v) is 9.80. The second-order valence-corrected chi connectivity index (χ2v) is 4.10. The maximum absolute atomic E-state index is 5.66. The van der Waals surface area contributed by atoms with E-state index in [1.54, 1.807) is 7.11 Å². The third-order valence-corrected chi connectivity index (χ3v) is 2.95. The minimum atomic E-state index is 0.782. The molecule has 1 heterocycles. The second-order valence-electron chi connectivity index (χ2n) is 3.72. The van der Waals surface area contributed by atoms with E-state index in [-0.39, 0.29) is 0 Å². The molecule has 1 aliphatic heterocycles. The highest BCUT2D eigenvalue weighted by atomic mass is 35.5. The lowest BCUT2D eigenvalue weighted by Crippen LogP contribution is -2.47. The van der Waals surface area contributed by atoms with Gasteiger partial charge >= 0.3 is 0 Å². The number of nitrogens with zero attached hydrogens (tertiary/aromatic N) is 2. The van der Waals surface area contributed by atoms with E-state index in [1.807, 2.05) is 0 Å². The number of hydrogen-bond donors (Lipinski definition) is 0. The van der Waals surface area contributed by atoms with Gasteiger partial charge in [-0.05, 0) is 13.0 Å². The van der Waals surface area contributed by atoms with Crippen LogP contribution in [-0.4, -0.2) is 68.7 Å². The van der Waals surface area contributed by atoms with Crippen LogP contribution in [-0.2, 0) is 4.74 Å². The van der Waals surface area contributed by atoms with Gasteiger partial charge in [0.15, 0.2) is 0 Å². The fourth-order valence-corrected chi connectivity index (χ4v) is 1.86. The lowest BCUT2D eigenvalue weighted by atomic mass is 10.3. The molecule has 0 radical (unpaired) electrons. The third kappa shape index (κ3) is 4.60. The van der Waals surface area contributed by atoms with Crippen molar-refractivity contribution < 1.29 is 4.74 Å². The Bertz CT molecular complexity index is 122. The normalized spacial score (nSPS) is 20.1. The maximum Gasteiger partial charge on any atom is 0.0589 e. The molecule has 0 amide bonds. The minimum Gasteiger partial charge on any atom is -0.383 e. The summed E-state index contributed by atoms with van der Waals surface area (Å²) in [4.78, 5) is 4.95. The predicted octanol–water partition coefficient (Wildman–Crippen LogP) is 0.879. The van der Waals surface area contributed by atoms with E-state index in [0.717, 1.165) is 32.0 Å². The predicted molar refractivity (Wildman–Crippen MR) is 60.1 cm³/mol. The number of ether oxygens (including phenoxy) is 1. The molecule has 0 N–H and O–H groups in total. The van der Waals surface area contributed by atoms with Gasteiger partial charge in [-0.1, -0.05) is 0 Å². The summed E-state index contributed by atoms with van der Waals surface area (Å²) in [5.41, 5.74) is 0. The summed E-state index contributed by atoms with van der Waals surface area (Å²) in [7, 11) is 1.76. The summed E-state index contributed by atoms with van der Waals surface area (Å²) in [5, 5.41) is 0. The number of methoxy groups -OCH3 is 1. The first-order valence-electron chi connectivity index (χ1n) is 5.36. The fraction of sp³-hybridized carbons (Fsp3) is 1.00. The standard InChI is InChI=1S/C10H21ClN2O/c1-14-10-9-13-7-5-12(6-8-13)4-2-3-11/h2-10H2,1H3. The van der Waals surface area contributed by atoms with Crippen molar-refractivity contribution in [1.29, 1.82) is 0 Å². The maximum atomic E-state index is 5.66. The van der Waals surface area contributed by atoms with Crippen molar-refractivity contribution in [3.8, 4) is 0 Å². The zero-order chi connectivity index (χ0) is 10.2. The van der Waals surface area contributed by atoms with Crippen LogP contribution < -0.4 is 0 Å². The molecule has 1 fully saturated rings. The Kier molecular flexibility index (Phi) is 6.52. The van der Waals surface area contributed by atoms with Gasteiger partial charge in [-0.2, -0.15) is 0 Å². The van der Waals surface area contributed by atoms with Crippen LogP contribution in [0, 0.1) is 0 Å². The highest BCUT2D eigenvalue weighted by Crippen LogP contribution is 2.02. The SMILES string of the molecule is COCCN1CCN(CCCCl)CC1. The number of piperazine rings is 1. The Hall–Kier alpha value is 0.170. The molecule has 0 aromatic carbocycles. The molecular formula is C10H21ClN2O. The number of rotatable bonds is 6. The first-order chi connectivity index (χ1) is 6.86. The van der Waals surface area contributed by atoms with Crippen molar-refractivity contribution >= 4 is 11.6 Å². The molecule has 4 heteroatoms. The van der Waals surface area contributed by atoms with Crippen molar-refractivity contribution in [2.24, 2.45) is 0 Å². The highest BCUT2D eigenvalue weighted by molar-refractivity contribution is 6.17. The van der Waals surface area contributed by atoms with Crippen LogP contribution in [0.4, 0.5) is 0 Å². The Morgan fingerprint density at radius 2 is 1.64 bits per heavy atom. The number of hydrogen-bond acceptors (Lipinski definition) is 3. The van der Waals surface area contributed by atoms with Crippen LogP contribution in [0.1, 0.15) is 6.42 Å². The first kappa shape index (κ1) is 12.2. The molecule has 0 unspecified atom stereocenters. The molecule has 3 nitrogen and oxygen atoms in total. The van der Waals surface area contributed by atoms with Crippen molar-refractivity contribution in [2.45, 2.75) is 6.42 Å². The van der Waals surface area contributed by atoms with Crippen molar-refractivity contribution in [2.75, 3.05) is 58.9 Å². The average molecular weight is 221 g/mol. The van der Waals surface area contributed by atoms with Crippen LogP contribution in [0.2, 0.25) is 0 Å². The van der Waals surface area contributed by atoms with Crippen LogP contribution in [0.5, 0.6) is 0 Å². The van der Waals surface area contributed by atoms with Gasteiger partial charge in [0.25, 0.3) is 0 Å². The topological polar surface area (TPSA) is 15.7 Å². The number of halogens is 1. The van der Waals surface area contributed by atoms with E-state index >= 15 is 0 Å². The van der Waals surface area contributed by atoms with Crippen LogP contribution in [0.3, 0.4) is 0 Å². The second kappa shape index (κ2) is 7.46. The lowest BCUT2D eigenvalue weighted by Gasteiger charge is -2.34. The van der Waals surface area contributed by atoms with Gasteiger partial charge < -0.3 is 9.64 Å². The van der Waals surface area contributed by atoms with Gasteiger partial charge in [-0.3, -0.25) is 4.90 Å². The third-order valence-electron chi connectivity index (χ3n) is 2.68. The van der Waals surface area contributed by atoms with Crippen molar-refractivity contribution in [1.82, 2.24) is 9.80 Å². The molecule has 0 atom stereocenters. The smallest absolute Gasteiger partial charge is 0.0589 e. The van der Waals surface area contributed by atoms with E-state index in [0.29, 0.717) is 0 Å². The van der Waals surface area contributed by atoms with E-state index in [2.05, 4.69) is 9.80 Å². The number of alkyl halides is 1. The molecule has 1 saturated heterocycles. The van der Waals surface area contributed by atoms with E-state index < -0.39 is 0 Å². The molecule has 0 spiro atoms. The largest absolute Gasteiger partial charge is 0.383 e. The van der Waals surface area contributed by atoms with Crippen molar-refractivity contribution in [3.05, 3.63) is 0 Å². The lowest BCUT2D eigenvalue weighted by molar-refractivity contribution is 0.0972. The summed E-state index contributed by atoms with van der Waals surface area (Å²) in [5.74, 6) is 0.782. The van der Waals surface area contributed by atoms with Gasteiger partial charge in [0.2, 0.25) is 0 Å². The van der Waals surface area contributed by atoms with Crippen LogP contribution in [0.15, 0.2) is 0 Å². The summed E-state index contributed by atoms with van der Waals surface area (Å²) < 4.78 is 5.06. The summed E-state index contributed by atoms with van der Waals surface area (Å²) in [6.45, 7) is 7.78. The molecule has 0 aromatic rings. The van der Waals surface area contributed by atoms with E-state index in [1.165, 1.54) is 26.2 Å². The fourth-order valence-electron chi connectivity index (χ4n) is 1.74. The summed E-state index contributed by atoms with van der Waals surface area (Å²) in [6.07, 6.45) is 1.11. The minimum absolute atomic E-state index is 0.782. The Morgan fingerprint density at radius 1 is 1.07 bits per heavy atom. The van der Waals surface area contributed by atoms with E-state index in [9.17, 15) is 0 Å². The monoisotopic (exact) mass is 220 g/mol. The van der Waals surface area contributed by atoms with Gasteiger partial charge in [-0.25, -0.2) is 0 Å².